The molecule has 8 nitrogen and oxygen atoms in total. The van der Waals surface area contributed by atoms with Crippen LogP contribution in [0, 0.1) is 0 Å². The first-order chi connectivity index (χ1) is 15.2. The van der Waals surface area contributed by atoms with E-state index < -0.39 is 11.9 Å². The second-order valence-corrected chi connectivity index (χ2v) is 7.78. The van der Waals surface area contributed by atoms with Crippen LogP contribution in [-0.2, 0) is 22.7 Å². The summed E-state index contributed by atoms with van der Waals surface area (Å²) in [6, 6.07) is 13.8. The number of thiophene rings is 1. The summed E-state index contributed by atoms with van der Waals surface area (Å²) < 4.78 is 31.8. The first-order valence-electron chi connectivity index (χ1n) is 9.37. The summed E-state index contributed by atoms with van der Waals surface area (Å²) in [5.41, 5.74) is 1.55. The lowest BCUT2D eigenvalue weighted by molar-refractivity contribution is 0.0471. The number of ether oxygens (including phenoxy) is 6. The van der Waals surface area contributed by atoms with Crippen molar-refractivity contribution in [3.63, 3.8) is 0 Å². The van der Waals surface area contributed by atoms with Gasteiger partial charge in [-0.2, -0.15) is 0 Å². The first kappa shape index (κ1) is 19.3. The molecule has 0 saturated heterocycles. The number of hydrogen-bond donors (Lipinski definition) is 0. The Morgan fingerprint density at radius 1 is 0.677 bits per heavy atom. The molecule has 3 heterocycles. The van der Waals surface area contributed by atoms with E-state index in [2.05, 4.69) is 0 Å². The molecule has 0 fully saturated rings. The minimum absolute atomic E-state index is 0.0806. The molecule has 0 bridgehead atoms. The molecule has 0 atom stereocenters. The summed E-state index contributed by atoms with van der Waals surface area (Å²) in [7, 11) is 0. The smallest absolute Gasteiger partial charge is 0.348 e. The van der Waals surface area contributed by atoms with Gasteiger partial charge in [-0.1, -0.05) is 12.1 Å². The largest absolute Gasteiger partial charge is 0.457 e. The van der Waals surface area contributed by atoms with Gasteiger partial charge in [-0.05, 0) is 47.5 Å². The second-order valence-electron chi connectivity index (χ2n) is 6.69. The topological polar surface area (TPSA) is 89.5 Å². The number of esters is 2. The Labute approximate surface area is 180 Å². The van der Waals surface area contributed by atoms with Crippen molar-refractivity contribution >= 4 is 23.3 Å². The lowest BCUT2D eigenvalue weighted by Crippen LogP contribution is -2.04. The van der Waals surface area contributed by atoms with Crippen molar-refractivity contribution in [2.45, 2.75) is 13.2 Å². The third-order valence-corrected chi connectivity index (χ3v) is 5.67. The van der Waals surface area contributed by atoms with Crippen LogP contribution in [0.3, 0.4) is 0 Å². The summed E-state index contributed by atoms with van der Waals surface area (Å²) in [6.45, 7) is 0.525. The fourth-order valence-electron chi connectivity index (χ4n) is 3.06. The zero-order chi connectivity index (χ0) is 21.2. The maximum atomic E-state index is 12.3. The summed E-state index contributed by atoms with van der Waals surface area (Å²) in [5, 5.41) is 0. The monoisotopic (exact) mass is 440 g/mol. The number of fused-ring (bicyclic) bond motifs is 2. The Kier molecular flexibility index (Phi) is 5.09. The van der Waals surface area contributed by atoms with Gasteiger partial charge in [0.05, 0.1) is 0 Å². The average molecular weight is 440 g/mol. The lowest BCUT2D eigenvalue weighted by atomic mass is 10.2. The molecule has 158 valence electrons. The maximum Gasteiger partial charge on any atom is 0.348 e. The predicted molar refractivity (Wildman–Crippen MR) is 108 cm³/mol. The van der Waals surface area contributed by atoms with Gasteiger partial charge < -0.3 is 28.4 Å². The molecule has 2 aliphatic rings. The van der Waals surface area contributed by atoms with Gasteiger partial charge in [0, 0.05) is 0 Å². The Bertz CT molecular complexity index is 1060. The van der Waals surface area contributed by atoms with E-state index >= 15 is 0 Å². The number of carbonyl (C=O) groups is 2. The van der Waals surface area contributed by atoms with Crippen molar-refractivity contribution in [2.24, 2.45) is 0 Å². The predicted octanol–water partition coefficient (Wildman–Crippen LogP) is 3.92. The highest BCUT2D eigenvalue weighted by Crippen LogP contribution is 2.33. The fraction of sp³-hybridized carbons (Fsp3) is 0.182. The molecule has 1 aromatic heterocycles. The van der Waals surface area contributed by atoms with Crippen LogP contribution in [-0.4, -0.2) is 25.5 Å². The molecular weight excluding hydrogens is 424 g/mol. The van der Waals surface area contributed by atoms with E-state index in [1.807, 2.05) is 0 Å². The molecule has 9 heteroatoms. The molecule has 5 rings (SSSR count). The van der Waals surface area contributed by atoms with E-state index in [9.17, 15) is 9.59 Å². The SMILES string of the molecule is O=C(OCc1ccc2c(c1)OCO2)c1ccc(C(=O)OCc2ccc3c(c2)OCO3)s1. The standard InChI is InChI=1S/C22H16O8S/c23-21(25-9-13-1-3-15-17(7-13)29-11-27-15)19-5-6-20(31-19)22(24)26-10-14-2-4-16-18(8-14)30-12-28-16/h1-8H,9-12H2. The molecule has 0 aliphatic carbocycles. The van der Waals surface area contributed by atoms with Crippen molar-refractivity contribution < 1.29 is 38.0 Å². The van der Waals surface area contributed by atoms with Crippen LogP contribution < -0.4 is 18.9 Å². The number of hydrogen-bond acceptors (Lipinski definition) is 9. The minimum atomic E-state index is -0.516. The van der Waals surface area contributed by atoms with Gasteiger partial charge in [0.15, 0.2) is 23.0 Å². The molecule has 2 aromatic carbocycles. The molecule has 31 heavy (non-hydrogen) atoms. The lowest BCUT2D eigenvalue weighted by Gasteiger charge is -2.05. The molecule has 2 aliphatic heterocycles. The van der Waals surface area contributed by atoms with Crippen molar-refractivity contribution in [3.05, 3.63) is 69.4 Å². The van der Waals surface area contributed by atoms with Crippen LogP contribution >= 0.6 is 11.3 Å². The van der Waals surface area contributed by atoms with Gasteiger partial charge >= 0.3 is 11.9 Å². The first-order valence-corrected chi connectivity index (χ1v) is 10.2. The van der Waals surface area contributed by atoms with E-state index in [1.54, 1.807) is 48.5 Å². The molecule has 0 N–H and O–H groups in total. The van der Waals surface area contributed by atoms with Gasteiger partial charge in [-0.25, -0.2) is 9.59 Å². The second kappa shape index (κ2) is 8.19. The third-order valence-electron chi connectivity index (χ3n) is 4.62. The van der Waals surface area contributed by atoms with Gasteiger partial charge in [0.1, 0.15) is 23.0 Å². The van der Waals surface area contributed by atoms with Crippen LogP contribution in [0.4, 0.5) is 0 Å². The molecule has 0 unspecified atom stereocenters. The van der Waals surface area contributed by atoms with Crippen molar-refractivity contribution in [3.8, 4) is 23.0 Å². The summed E-state index contributed by atoms with van der Waals surface area (Å²) in [6.07, 6.45) is 0. The van der Waals surface area contributed by atoms with Crippen LogP contribution in [0.1, 0.15) is 30.5 Å². The average Bonchev–Trinajstić information content (AvgIpc) is 3.55. The van der Waals surface area contributed by atoms with Crippen molar-refractivity contribution in [2.75, 3.05) is 13.6 Å². The van der Waals surface area contributed by atoms with Crippen LogP contribution in [0.15, 0.2) is 48.5 Å². The molecule has 0 spiro atoms. The maximum absolute atomic E-state index is 12.3. The Hall–Kier alpha value is -3.72. The van der Waals surface area contributed by atoms with Crippen molar-refractivity contribution in [1.82, 2.24) is 0 Å². The Morgan fingerprint density at radius 2 is 1.13 bits per heavy atom. The van der Waals surface area contributed by atoms with E-state index in [0.717, 1.165) is 22.5 Å². The summed E-state index contributed by atoms with van der Waals surface area (Å²) >= 11 is 1.02. The zero-order valence-electron chi connectivity index (χ0n) is 16.1. The fourth-order valence-corrected chi connectivity index (χ4v) is 3.85. The number of benzene rings is 2. The van der Waals surface area contributed by atoms with Gasteiger partial charge in [0.2, 0.25) is 13.6 Å². The zero-order valence-corrected chi connectivity index (χ0v) is 16.9. The Morgan fingerprint density at radius 3 is 1.61 bits per heavy atom. The summed E-state index contributed by atoms with van der Waals surface area (Å²) in [5.74, 6) is 1.54. The van der Waals surface area contributed by atoms with Crippen molar-refractivity contribution in [1.29, 1.82) is 0 Å². The van der Waals surface area contributed by atoms with E-state index in [1.165, 1.54) is 0 Å². The van der Waals surface area contributed by atoms with E-state index in [-0.39, 0.29) is 26.8 Å². The highest BCUT2D eigenvalue weighted by atomic mass is 32.1. The van der Waals surface area contributed by atoms with Gasteiger partial charge in [-0.15, -0.1) is 11.3 Å². The van der Waals surface area contributed by atoms with Crippen LogP contribution in [0.25, 0.3) is 0 Å². The number of carbonyl (C=O) groups excluding carboxylic acids is 2. The Balaban J connectivity index is 1.15. The van der Waals surface area contributed by atoms with Crippen LogP contribution in [0.2, 0.25) is 0 Å². The molecule has 0 radical (unpaired) electrons. The van der Waals surface area contributed by atoms with Crippen LogP contribution in [0.5, 0.6) is 23.0 Å². The molecular formula is C22H16O8S. The summed E-state index contributed by atoms with van der Waals surface area (Å²) in [4.78, 5) is 25.3. The highest BCUT2D eigenvalue weighted by molar-refractivity contribution is 7.15. The van der Waals surface area contributed by atoms with Gasteiger partial charge in [0.25, 0.3) is 0 Å². The van der Waals surface area contributed by atoms with Gasteiger partial charge in [-0.3, -0.25) is 0 Å². The molecule has 3 aromatic rings. The third kappa shape index (κ3) is 4.13. The molecule has 0 amide bonds. The molecule has 0 saturated carbocycles. The minimum Gasteiger partial charge on any atom is -0.457 e. The van der Waals surface area contributed by atoms with E-state index in [4.69, 9.17) is 28.4 Å². The number of rotatable bonds is 6. The normalized spacial score (nSPS) is 13.2. The highest BCUT2D eigenvalue weighted by Gasteiger charge is 2.18. The van der Waals surface area contributed by atoms with E-state index in [0.29, 0.717) is 32.8 Å². The quantitative estimate of drug-likeness (QED) is 0.533.